The first-order valence-electron chi connectivity index (χ1n) is 5.82. The van der Waals surface area contributed by atoms with E-state index in [1.54, 1.807) is 24.3 Å². The lowest BCUT2D eigenvalue weighted by molar-refractivity contribution is 0.623. The number of anilines is 1. The van der Waals surface area contributed by atoms with E-state index >= 15 is 0 Å². The standard InChI is InChI=1S/C15H12ClFN2/c1-10(12-3-2-4-13(17)8-12)19-15-7-11(9-18)5-6-14(15)16/h2-8,10,19H,1H3. The number of nitriles is 1. The molecule has 0 fully saturated rings. The lowest BCUT2D eigenvalue weighted by Gasteiger charge is -2.17. The third-order valence-electron chi connectivity index (χ3n) is 2.82. The Labute approximate surface area is 116 Å². The molecule has 2 rings (SSSR count). The van der Waals surface area contributed by atoms with Gasteiger partial charge in [-0.2, -0.15) is 5.26 Å². The van der Waals surface area contributed by atoms with Crippen molar-refractivity contribution in [1.29, 1.82) is 5.26 Å². The smallest absolute Gasteiger partial charge is 0.123 e. The van der Waals surface area contributed by atoms with E-state index in [0.29, 0.717) is 16.3 Å². The molecule has 2 aromatic rings. The van der Waals surface area contributed by atoms with Crippen molar-refractivity contribution in [2.45, 2.75) is 13.0 Å². The van der Waals surface area contributed by atoms with Crippen LogP contribution in [0.4, 0.5) is 10.1 Å². The molecule has 0 saturated heterocycles. The third kappa shape index (κ3) is 3.24. The number of nitrogens with one attached hydrogen (secondary N) is 1. The first-order valence-corrected chi connectivity index (χ1v) is 6.19. The molecule has 0 amide bonds. The van der Waals surface area contributed by atoms with Gasteiger partial charge in [-0.15, -0.1) is 0 Å². The summed E-state index contributed by atoms with van der Waals surface area (Å²) >= 11 is 6.07. The van der Waals surface area contributed by atoms with Crippen molar-refractivity contribution in [3.8, 4) is 6.07 Å². The molecule has 0 saturated carbocycles. The van der Waals surface area contributed by atoms with E-state index in [-0.39, 0.29) is 11.9 Å². The Kier molecular flexibility index (Phi) is 4.03. The zero-order chi connectivity index (χ0) is 13.8. The summed E-state index contributed by atoms with van der Waals surface area (Å²) in [5.74, 6) is -0.275. The fourth-order valence-electron chi connectivity index (χ4n) is 1.80. The van der Waals surface area contributed by atoms with Crippen molar-refractivity contribution in [3.05, 3.63) is 64.4 Å². The number of nitrogens with zero attached hydrogens (tertiary/aromatic N) is 1. The second-order valence-electron chi connectivity index (χ2n) is 4.23. The minimum atomic E-state index is -0.275. The van der Waals surface area contributed by atoms with Crippen LogP contribution in [0, 0.1) is 17.1 Å². The van der Waals surface area contributed by atoms with Crippen LogP contribution < -0.4 is 5.32 Å². The summed E-state index contributed by atoms with van der Waals surface area (Å²) in [7, 11) is 0. The Hall–Kier alpha value is -2.05. The summed E-state index contributed by atoms with van der Waals surface area (Å²) in [5.41, 5.74) is 2.01. The van der Waals surface area contributed by atoms with Gasteiger partial charge in [0.15, 0.2) is 0 Å². The van der Waals surface area contributed by atoms with E-state index in [4.69, 9.17) is 16.9 Å². The fourth-order valence-corrected chi connectivity index (χ4v) is 1.97. The topological polar surface area (TPSA) is 35.8 Å². The first-order chi connectivity index (χ1) is 9.10. The third-order valence-corrected chi connectivity index (χ3v) is 3.15. The second-order valence-corrected chi connectivity index (χ2v) is 4.63. The molecule has 0 aliphatic heterocycles. The highest BCUT2D eigenvalue weighted by Crippen LogP contribution is 2.27. The van der Waals surface area contributed by atoms with E-state index in [2.05, 4.69) is 11.4 Å². The molecule has 0 aliphatic carbocycles. The van der Waals surface area contributed by atoms with E-state index in [1.165, 1.54) is 12.1 Å². The van der Waals surface area contributed by atoms with Crippen LogP contribution in [0.3, 0.4) is 0 Å². The van der Waals surface area contributed by atoms with Gasteiger partial charge in [0, 0.05) is 6.04 Å². The van der Waals surface area contributed by atoms with E-state index in [1.807, 2.05) is 13.0 Å². The highest BCUT2D eigenvalue weighted by molar-refractivity contribution is 6.33. The molecule has 0 radical (unpaired) electrons. The van der Waals surface area contributed by atoms with Gasteiger partial charge in [0.05, 0.1) is 22.3 Å². The average molecular weight is 275 g/mol. The number of hydrogen-bond donors (Lipinski definition) is 1. The van der Waals surface area contributed by atoms with Crippen molar-refractivity contribution in [2.75, 3.05) is 5.32 Å². The van der Waals surface area contributed by atoms with E-state index in [9.17, 15) is 4.39 Å². The molecule has 96 valence electrons. The first kappa shape index (κ1) is 13.4. The summed E-state index contributed by atoms with van der Waals surface area (Å²) in [6.07, 6.45) is 0. The number of hydrogen-bond acceptors (Lipinski definition) is 2. The lowest BCUT2D eigenvalue weighted by Crippen LogP contribution is -2.07. The van der Waals surface area contributed by atoms with Crippen LogP contribution in [0.5, 0.6) is 0 Å². The summed E-state index contributed by atoms with van der Waals surface area (Å²) in [4.78, 5) is 0. The fraction of sp³-hybridized carbons (Fsp3) is 0.133. The molecule has 4 heteroatoms. The van der Waals surface area contributed by atoms with Crippen LogP contribution in [0.25, 0.3) is 0 Å². The molecular formula is C15H12ClFN2. The van der Waals surface area contributed by atoms with Gasteiger partial charge in [0.25, 0.3) is 0 Å². The lowest BCUT2D eigenvalue weighted by atomic mass is 10.1. The van der Waals surface area contributed by atoms with Gasteiger partial charge < -0.3 is 5.32 Å². The van der Waals surface area contributed by atoms with E-state index < -0.39 is 0 Å². The van der Waals surface area contributed by atoms with Gasteiger partial charge in [-0.3, -0.25) is 0 Å². The van der Waals surface area contributed by atoms with Crippen LogP contribution in [-0.4, -0.2) is 0 Å². The molecule has 0 aromatic heterocycles. The van der Waals surface area contributed by atoms with Crippen LogP contribution in [0.15, 0.2) is 42.5 Å². The van der Waals surface area contributed by atoms with Gasteiger partial charge in [0.1, 0.15) is 5.82 Å². The quantitative estimate of drug-likeness (QED) is 0.893. The molecule has 0 bridgehead atoms. The molecule has 0 aliphatic rings. The normalized spacial score (nSPS) is 11.7. The second kappa shape index (κ2) is 5.73. The number of rotatable bonds is 3. The number of halogens is 2. The van der Waals surface area contributed by atoms with Crippen molar-refractivity contribution in [1.82, 2.24) is 0 Å². The average Bonchev–Trinajstić information content (AvgIpc) is 2.41. The van der Waals surface area contributed by atoms with Crippen molar-refractivity contribution in [3.63, 3.8) is 0 Å². The Morgan fingerprint density at radius 3 is 2.74 bits per heavy atom. The predicted octanol–water partition coefficient (Wildman–Crippen LogP) is 4.52. The molecule has 1 unspecified atom stereocenters. The summed E-state index contributed by atoms with van der Waals surface area (Å²) in [6.45, 7) is 1.91. The summed E-state index contributed by atoms with van der Waals surface area (Å²) in [5, 5.41) is 12.6. The maximum atomic E-state index is 13.2. The molecule has 19 heavy (non-hydrogen) atoms. The van der Waals surface area contributed by atoms with Crippen LogP contribution >= 0.6 is 11.6 Å². The summed E-state index contributed by atoms with van der Waals surface area (Å²) < 4.78 is 13.2. The summed E-state index contributed by atoms with van der Waals surface area (Å²) in [6, 6.07) is 13.3. The Bertz CT molecular complexity index is 634. The van der Waals surface area contributed by atoms with Gasteiger partial charge in [-0.05, 0) is 42.8 Å². The highest BCUT2D eigenvalue weighted by atomic mass is 35.5. The number of benzene rings is 2. The minimum absolute atomic E-state index is 0.109. The molecule has 1 atom stereocenters. The Morgan fingerprint density at radius 1 is 1.26 bits per heavy atom. The maximum Gasteiger partial charge on any atom is 0.123 e. The van der Waals surface area contributed by atoms with E-state index in [0.717, 1.165) is 5.56 Å². The van der Waals surface area contributed by atoms with Gasteiger partial charge in [-0.1, -0.05) is 23.7 Å². The zero-order valence-corrected chi connectivity index (χ0v) is 11.1. The van der Waals surface area contributed by atoms with Gasteiger partial charge in [-0.25, -0.2) is 4.39 Å². The molecule has 0 spiro atoms. The van der Waals surface area contributed by atoms with Gasteiger partial charge >= 0.3 is 0 Å². The minimum Gasteiger partial charge on any atom is -0.377 e. The zero-order valence-electron chi connectivity index (χ0n) is 10.3. The molecule has 1 N–H and O–H groups in total. The monoisotopic (exact) mass is 274 g/mol. The Balaban J connectivity index is 2.24. The van der Waals surface area contributed by atoms with Crippen LogP contribution in [0.2, 0.25) is 5.02 Å². The van der Waals surface area contributed by atoms with Crippen LogP contribution in [0.1, 0.15) is 24.1 Å². The SMILES string of the molecule is CC(Nc1cc(C#N)ccc1Cl)c1cccc(F)c1. The van der Waals surface area contributed by atoms with Gasteiger partial charge in [0.2, 0.25) is 0 Å². The highest BCUT2D eigenvalue weighted by Gasteiger charge is 2.09. The van der Waals surface area contributed by atoms with Crippen molar-refractivity contribution >= 4 is 17.3 Å². The van der Waals surface area contributed by atoms with Crippen molar-refractivity contribution < 1.29 is 4.39 Å². The Morgan fingerprint density at radius 2 is 2.05 bits per heavy atom. The maximum absolute atomic E-state index is 13.2. The molecule has 2 aromatic carbocycles. The largest absolute Gasteiger partial charge is 0.377 e. The molecule has 2 nitrogen and oxygen atoms in total. The predicted molar refractivity (Wildman–Crippen MR) is 74.6 cm³/mol. The van der Waals surface area contributed by atoms with Crippen LogP contribution in [-0.2, 0) is 0 Å². The molecule has 0 heterocycles. The van der Waals surface area contributed by atoms with Crippen molar-refractivity contribution in [2.24, 2.45) is 0 Å². The molecular weight excluding hydrogens is 263 g/mol.